The van der Waals surface area contributed by atoms with Crippen LogP contribution in [0.3, 0.4) is 0 Å². The molecule has 2 saturated heterocycles. The second-order valence-electron chi connectivity index (χ2n) is 12.0. The zero-order valence-electron chi connectivity index (χ0n) is 25.7. The Kier molecular flexibility index (Phi) is 9.33. The van der Waals surface area contributed by atoms with Crippen LogP contribution in [0.1, 0.15) is 38.1 Å². The predicted octanol–water partition coefficient (Wildman–Crippen LogP) is 7.28. The highest BCUT2D eigenvalue weighted by atomic mass is 35.5. The summed E-state index contributed by atoms with van der Waals surface area (Å²) in [5, 5.41) is 1.06. The molecule has 0 amide bonds. The first-order valence-corrected chi connectivity index (χ1v) is 15.9. The number of aromatic nitrogens is 4. The molecule has 10 heteroatoms. The highest BCUT2D eigenvalue weighted by molar-refractivity contribution is 6.39. The maximum atomic E-state index is 7.07. The van der Waals surface area contributed by atoms with Gasteiger partial charge in [0.1, 0.15) is 11.4 Å². The van der Waals surface area contributed by atoms with Crippen LogP contribution < -0.4 is 9.47 Å². The van der Waals surface area contributed by atoms with Gasteiger partial charge in [-0.1, -0.05) is 73.4 Å². The number of ether oxygens (including phenoxy) is 2. The fourth-order valence-corrected chi connectivity index (χ4v) is 6.89. The van der Waals surface area contributed by atoms with E-state index in [-0.39, 0.29) is 0 Å². The molecule has 0 bridgehead atoms. The van der Waals surface area contributed by atoms with Gasteiger partial charge in [0.2, 0.25) is 11.8 Å². The van der Waals surface area contributed by atoms with E-state index in [1.807, 2.05) is 36.4 Å². The molecule has 6 rings (SSSR count). The summed E-state index contributed by atoms with van der Waals surface area (Å²) in [5.41, 5.74) is 5.99. The van der Waals surface area contributed by atoms with Crippen LogP contribution in [0, 0.1) is 11.8 Å². The molecule has 2 aromatic carbocycles. The van der Waals surface area contributed by atoms with Gasteiger partial charge in [0, 0.05) is 48.4 Å². The van der Waals surface area contributed by atoms with Crippen molar-refractivity contribution in [1.82, 2.24) is 29.7 Å². The van der Waals surface area contributed by atoms with Gasteiger partial charge >= 0.3 is 0 Å². The van der Waals surface area contributed by atoms with Crippen molar-refractivity contribution in [1.29, 1.82) is 0 Å². The van der Waals surface area contributed by atoms with Crippen LogP contribution in [0.4, 0.5) is 0 Å². The van der Waals surface area contributed by atoms with Gasteiger partial charge in [0.15, 0.2) is 0 Å². The van der Waals surface area contributed by atoms with Crippen molar-refractivity contribution in [3.05, 3.63) is 70.2 Å². The molecule has 0 aliphatic carbocycles. The topological polar surface area (TPSA) is 76.5 Å². The van der Waals surface area contributed by atoms with Crippen LogP contribution in [0.15, 0.2) is 48.8 Å². The smallest absolute Gasteiger partial charge is 0.237 e. The number of hydrogen-bond donors (Lipinski definition) is 0. The monoisotopic (exact) mass is 632 g/mol. The van der Waals surface area contributed by atoms with Crippen molar-refractivity contribution >= 4 is 23.2 Å². The summed E-state index contributed by atoms with van der Waals surface area (Å²) in [7, 11) is 3.26. The molecule has 2 aliphatic rings. The third kappa shape index (κ3) is 6.40. The lowest BCUT2D eigenvalue weighted by Gasteiger charge is -2.18. The van der Waals surface area contributed by atoms with E-state index in [4.69, 9.17) is 52.6 Å². The normalized spacial score (nSPS) is 19.0. The minimum absolute atomic E-state index is 0.513. The number of benzene rings is 2. The molecule has 0 saturated carbocycles. The Labute approximate surface area is 269 Å². The molecule has 2 aliphatic heterocycles. The van der Waals surface area contributed by atoms with Gasteiger partial charge in [-0.2, -0.15) is 0 Å². The van der Waals surface area contributed by atoms with Crippen LogP contribution in [0.2, 0.25) is 10.0 Å². The summed E-state index contributed by atoms with van der Waals surface area (Å²) in [6.07, 6.45) is 5.94. The van der Waals surface area contributed by atoms with E-state index in [0.717, 1.165) is 59.8 Å². The van der Waals surface area contributed by atoms with Gasteiger partial charge in [-0.15, -0.1) is 0 Å². The highest BCUT2D eigenvalue weighted by Gasteiger charge is 2.24. The number of hydrogen-bond acceptors (Lipinski definition) is 8. The molecule has 0 N–H and O–H groups in total. The summed E-state index contributed by atoms with van der Waals surface area (Å²) >= 11 is 14.1. The highest BCUT2D eigenvalue weighted by Crippen LogP contribution is 2.42. The fraction of sp³-hybridized carbons (Fsp3) is 0.412. The summed E-state index contributed by atoms with van der Waals surface area (Å²) in [6, 6.07) is 11.7. The van der Waals surface area contributed by atoms with Crippen LogP contribution in [-0.4, -0.2) is 70.1 Å². The molecule has 0 radical (unpaired) electrons. The molecule has 0 unspecified atom stereocenters. The van der Waals surface area contributed by atoms with Gasteiger partial charge in [0.25, 0.3) is 0 Å². The molecular formula is C34H38Cl2N6O2. The van der Waals surface area contributed by atoms with Crippen molar-refractivity contribution < 1.29 is 9.47 Å². The van der Waals surface area contributed by atoms with Gasteiger partial charge in [-0.25, -0.2) is 9.97 Å². The summed E-state index contributed by atoms with van der Waals surface area (Å²) in [5.74, 6) is 2.41. The lowest BCUT2D eigenvalue weighted by Crippen LogP contribution is -2.21. The fourth-order valence-electron chi connectivity index (χ4n) is 6.24. The Hall–Kier alpha value is -3.30. The molecule has 4 heterocycles. The first-order valence-electron chi connectivity index (χ1n) is 15.2. The number of likely N-dealkylation sites (tertiary alicyclic amines) is 2. The largest absolute Gasteiger partial charge is 0.480 e. The number of rotatable bonds is 9. The Morgan fingerprint density at radius 1 is 0.682 bits per heavy atom. The van der Waals surface area contributed by atoms with Crippen molar-refractivity contribution in [3.63, 3.8) is 0 Å². The van der Waals surface area contributed by atoms with Crippen LogP contribution in [0.25, 0.3) is 33.6 Å². The molecule has 0 spiro atoms. The summed E-state index contributed by atoms with van der Waals surface area (Å²) < 4.78 is 11.3. The van der Waals surface area contributed by atoms with Crippen molar-refractivity contribution in [2.45, 2.75) is 39.8 Å². The lowest BCUT2D eigenvalue weighted by atomic mass is 9.98. The van der Waals surface area contributed by atoms with Crippen LogP contribution >= 0.6 is 23.2 Å². The average molecular weight is 634 g/mol. The second-order valence-corrected chi connectivity index (χ2v) is 12.8. The van der Waals surface area contributed by atoms with E-state index >= 15 is 0 Å². The number of methoxy groups -OCH3 is 2. The molecule has 2 aromatic heterocycles. The predicted molar refractivity (Wildman–Crippen MR) is 175 cm³/mol. The van der Waals surface area contributed by atoms with Gasteiger partial charge in [-0.3, -0.25) is 19.8 Å². The molecule has 2 atom stereocenters. The van der Waals surface area contributed by atoms with Gasteiger partial charge in [0.05, 0.1) is 48.0 Å². The standard InChI is InChI=1S/C34H38Cl2N6O2/c1-21-11-13-41(17-21)19-29-33(43-3)39-27(15-37-29)25-9-5-7-23(31(25)35)24-8-6-10-26(32(24)36)28-16-38-30(34(40-28)44-4)20-42-14-12-22(2)18-42/h5-10,15-16,21-22H,11-14,17-20H2,1-4H3/t21-,22-/m1/s1. The molecule has 230 valence electrons. The maximum Gasteiger partial charge on any atom is 0.237 e. The van der Waals surface area contributed by atoms with E-state index < -0.39 is 0 Å². The lowest BCUT2D eigenvalue weighted by molar-refractivity contribution is 0.303. The van der Waals surface area contributed by atoms with E-state index in [9.17, 15) is 0 Å². The summed E-state index contributed by atoms with van der Waals surface area (Å²) in [6.45, 7) is 10.2. The Morgan fingerprint density at radius 2 is 1.09 bits per heavy atom. The molecule has 8 nitrogen and oxygen atoms in total. The molecule has 2 fully saturated rings. The average Bonchev–Trinajstić information content (AvgIpc) is 3.64. The van der Waals surface area contributed by atoms with E-state index in [1.165, 1.54) is 12.8 Å². The van der Waals surface area contributed by atoms with Crippen molar-refractivity contribution in [2.75, 3.05) is 40.4 Å². The first-order chi connectivity index (χ1) is 21.3. The minimum atomic E-state index is 0.513. The van der Waals surface area contributed by atoms with E-state index in [1.54, 1.807) is 26.6 Å². The Morgan fingerprint density at radius 3 is 1.45 bits per heavy atom. The number of halogens is 2. The first kappa shape index (κ1) is 30.7. The third-order valence-electron chi connectivity index (χ3n) is 8.61. The van der Waals surface area contributed by atoms with Crippen molar-refractivity contribution in [3.8, 4) is 45.4 Å². The van der Waals surface area contributed by atoms with Crippen molar-refractivity contribution in [2.24, 2.45) is 11.8 Å². The molecule has 4 aromatic rings. The SMILES string of the molecule is COc1nc(-c2cccc(-c3cccc(-c4cnc(CN5CC[C@@H](C)C5)c(OC)n4)c3Cl)c2Cl)cnc1CN1CC[C@@H](C)C1. The number of nitrogens with zero attached hydrogens (tertiary/aromatic N) is 6. The second kappa shape index (κ2) is 13.4. The Bertz CT molecular complexity index is 1530. The molecular weight excluding hydrogens is 595 g/mol. The van der Waals surface area contributed by atoms with E-state index in [2.05, 4.69) is 23.6 Å². The minimum Gasteiger partial charge on any atom is -0.480 e. The van der Waals surface area contributed by atoms with Gasteiger partial charge < -0.3 is 9.47 Å². The van der Waals surface area contributed by atoms with Crippen LogP contribution in [0.5, 0.6) is 11.8 Å². The zero-order valence-corrected chi connectivity index (χ0v) is 27.2. The quantitative estimate of drug-likeness (QED) is 0.191. The zero-order chi connectivity index (χ0) is 30.8. The molecule has 44 heavy (non-hydrogen) atoms. The van der Waals surface area contributed by atoms with Crippen LogP contribution in [-0.2, 0) is 13.1 Å². The third-order valence-corrected chi connectivity index (χ3v) is 9.43. The summed E-state index contributed by atoms with van der Waals surface area (Å²) in [4.78, 5) is 23.9. The van der Waals surface area contributed by atoms with Gasteiger partial charge in [-0.05, 0) is 37.8 Å². The maximum absolute atomic E-state index is 7.07. The van der Waals surface area contributed by atoms with E-state index in [0.29, 0.717) is 58.1 Å². The Balaban J connectivity index is 1.29.